The Labute approximate surface area is 106 Å². The first kappa shape index (κ1) is 14.4. The molecule has 102 valence electrons. The summed E-state index contributed by atoms with van der Waals surface area (Å²) in [5, 5.41) is 2.02. The molecule has 0 spiro atoms. The lowest BCUT2D eigenvalue weighted by molar-refractivity contribution is -0.145. The van der Waals surface area contributed by atoms with Gasteiger partial charge in [0.05, 0.1) is 19.2 Å². The van der Waals surface area contributed by atoms with Crippen molar-refractivity contribution in [3.63, 3.8) is 0 Å². The largest absolute Gasteiger partial charge is 0.465 e. The van der Waals surface area contributed by atoms with E-state index in [9.17, 15) is 14.4 Å². The Morgan fingerprint density at radius 3 is 2.50 bits per heavy atom. The number of nitrogens with zero attached hydrogens (tertiary/aromatic N) is 1. The van der Waals surface area contributed by atoms with E-state index >= 15 is 0 Å². The van der Waals surface area contributed by atoms with E-state index in [-0.39, 0.29) is 18.6 Å². The molecule has 3 N–H and O–H groups in total. The highest BCUT2D eigenvalue weighted by atomic mass is 16.5. The summed E-state index contributed by atoms with van der Waals surface area (Å²) in [6.07, 6.45) is 1.88. The van der Waals surface area contributed by atoms with Crippen LogP contribution >= 0.6 is 0 Å². The number of hydrogen-bond acceptors (Lipinski definition) is 5. The first-order valence-corrected chi connectivity index (χ1v) is 5.97. The molecule has 0 heterocycles. The summed E-state index contributed by atoms with van der Waals surface area (Å²) in [5.74, 6) is -0.873. The van der Waals surface area contributed by atoms with Gasteiger partial charge in [0.2, 0.25) is 5.91 Å². The smallest absolute Gasteiger partial charge is 0.320 e. The van der Waals surface area contributed by atoms with Crippen LogP contribution in [0.5, 0.6) is 0 Å². The van der Waals surface area contributed by atoms with Crippen molar-refractivity contribution in [2.24, 2.45) is 5.73 Å². The molecule has 18 heavy (non-hydrogen) atoms. The SMILES string of the molecule is CCOC(=O)CN(C1CC1)C(C)C(=O)NC(N)=O. The number of imide groups is 1. The van der Waals surface area contributed by atoms with Gasteiger partial charge in [0, 0.05) is 6.04 Å². The Hall–Kier alpha value is -1.63. The molecule has 7 heteroatoms. The average molecular weight is 257 g/mol. The van der Waals surface area contributed by atoms with Crippen molar-refractivity contribution in [1.29, 1.82) is 0 Å². The molecule has 0 bridgehead atoms. The Balaban J connectivity index is 2.57. The molecule has 1 unspecified atom stereocenters. The zero-order valence-electron chi connectivity index (χ0n) is 10.6. The molecular weight excluding hydrogens is 238 g/mol. The number of carbonyl (C=O) groups is 3. The van der Waals surface area contributed by atoms with Crippen LogP contribution in [0.25, 0.3) is 0 Å². The lowest BCUT2D eigenvalue weighted by atomic mass is 10.2. The lowest BCUT2D eigenvalue weighted by Crippen LogP contribution is -2.50. The number of carbonyl (C=O) groups excluding carboxylic acids is 3. The van der Waals surface area contributed by atoms with Crippen LogP contribution in [0.1, 0.15) is 26.7 Å². The van der Waals surface area contributed by atoms with Crippen molar-refractivity contribution in [3.8, 4) is 0 Å². The first-order valence-electron chi connectivity index (χ1n) is 5.97. The Morgan fingerprint density at radius 2 is 2.06 bits per heavy atom. The fourth-order valence-electron chi connectivity index (χ4n) is 1.72. The van der Waals surface area contributed by atoms with Crippen LogP contribution in [0.4, 0.5) is 4.79 Å². The molecule has 1 aliphatic rings. The molecule has 1 saturated carbocycles. The zero-order valence-corrected chi connectivity index (χ0v) is 10.6. The molecule has 0 aromatic heterocycles. The number of primary amides is 1. The normalized spacial score (nSPS) is 16.2. The Morgan fingerprint density at radius 1 is 1.44 bits per heavy atom. The van der Waals surface area contributed by atoms with Gasteiger partial charge in [-0.05, 0) is 26.7 Å². The summed E-state index contributed by atoms with van der Waals surface area (Å²) in [7, 11) is 0. The molecule has 1 fully saturated rings. The van der Waals surface area contributed by atoms with Crippen molar-refractivity contribution in [3.05, 3.63) is 0 Å². The molecule has 0 aromatic rings. The van der Waals surface area contributed by atoms with Gasteiger partial charge in [-0.25, -0.2) is 4.79 Å². The minimum Gasteiger partial charge on any atom is -0.465 e. The monoisotopic (exact) mass is 257 g/mol. The van der Waals surface area contributed by atoms with E-state index < -0.39 is 18.0 Å². The highest BCUT2D eigenvalue weighted by molar-refractivity contribution is 5.96. The fraction of sp³-hybridized carbons (Fsp3) is 0.727. The van der Waals surface area contributed by atoms with Gasteiger partial charge in [0.15, 0.2) is 0 Å². The second-order valence-corrected chi connectivity index (χ2v) is 4.24. The second kappa shape index (κ2) is 6.34. The number of esters is 1. The summed E-state index contributed by atoms with van der Waals surface area (Å²) in [6.45, 7) is 3.71. The fourth-order valence-corrected chi connectivity index (χ4v) is 1.72. The van der Waals surface area contributed by atoms with Gasteiger partial charge < -0.3 is 10.5 Å². The van der Waals surface area contributed by atoms with Crippen LogP contribution in [-0.2, 0) is 14.3 Å². The first-order chi connectivity index (χ1) is 8.45. The number of urea groups is 1. The molecule has 7 nitrogen and oxygen atoms in total. The van der Waals surface area contributed by atoms with Crippen molar-refractivity contribution in [2.45, 2.75) is 38.8 Å². The quantitative estimate of drug-likeness (QED) is 0.630. The van der Waals surface area contributed by atoms with Gasteiger partial charge in [-0.15, -0.1) is 0 Å². The third kappa shape index (κ3) is 4.33. The van der Waals surface area contributed by atoms with Crippen LogP contribution < -0.4 is 11.1 Å². The lowest BCUT2D eigenvalue weighted by Gasteiger charge is -2.26. The topological polar surface area (TPSA) is 102 Å². The predicted octanol–water partition coefficient (Wildman–Crippen LogP) is -0.403. The number of amides is 3. The van der Waals surface area contributed by atoms with Crippen molar-refractivity contribution < 1.29 is 19.1 Å². The predicted molar refractivity (Wildman–Crippen MR) is 63.5 cm³/mol. The molecule has 0 aliphatic heterocycles. The third-order valence-corrected chi connectivity index (χ3v) is 2.76. The average Bonchev–Trinajstić information content (AvgIpc) is 3.08. The molecule has 0 radical (unpaired) electrons. The van der Waals surface area contributed by atoms with Gasteiger partial charge in [-0.1, -0.05) is 0 Å². The zero-order chi connectivity index (χ0) is 13.7. The molecule has 3 amide bonds. The van der Waals surface area contributed by atoms with E-state index in [0.717, 1.165) is 12.8 Å². The van der Waals surface area contributed by atoms with E-state index in [1.165, 1.54) is 0 Å². The molecular formula is C11H19N3O4. The molecule has 1 atom stereocenters. The van der Waals surface area contributed by atoms with Gasteiger partial charge in [0.1, 0.15) is 0 Å². The van der Waals surface area contributed by atoms with E-state index in [0.29, 0.717) is 6.61 Å². The number of rotatable bonds is 6. The van der Waals surface area contributed by atoms with Crippen LogP contribution in [0.2, 0.25) is 0 Å². The molecule has 0 aromatic carbocycles. The standard InChI is InChI=1S/C11H19N3O4/c1-3-18-9(15)6-14(8-4-5-8)7(2)10(16)13-11(12)17/h7-8H,3-6H2,1-2H3,(H3,12,13,16,17). The van der Waals surface area contributed by atoms with Crippen LogP contribution in [0.15, 0.2) is 0 Å². The number of nitrogens with two attached hydrogens (primary N) is 1. The summed E-state index contributed by atoms with van der Waals surface area (Å²) in [4.78, 5) is 35.5. The molecule has 0 saturated heterocycles. The summed E-state index contributed by atoms with van der Waals surface area (Å²) in [5.41, 5.74) is 4.89. The minimum atomic E-state index is -0.890. The summed E-state index contributed by atoms with van der Waals surface area (Å²) >= 11 is 0. The van der Waals surface area contributed by atoms with E-state index in [1.807, 2.05) is 5.32 Å². The van der Waals surface area contributed by atoms with Gasteiger partial charge in [-0.3, -0.25) is 19.8 Å². The molecule has 1 rings (SSSR count). The number of nitrogens with one attached hydrogen (secondary N) is 1. The van der Waals surface area contributed by atoms with E-state index in [2.05, 4.69) is 0 Å². The van der Waals surface area contributed by atoms with Gasteiger partial charge in [-0.2, -0.15) is 0 Å². The highest BCUT2D eigenvalue weighted by Crippen LogP contribution is 2.28. The van der Waals surface area contributed by atoms with Crippen LogP contribution in [0.3, 0.4) is 0 Å². The maximum atomic E-state index is 11.7. The Bertz CT molecular complexity index is 341. The van der Waals surface area contributed by atoms with Crippen molar-refractivity contribution >= 4 is 17.9 Å². The van der Waals surface area contributed by atoms with Crippen LogP contribution in [-0.4, -0.2) is 48.0 Å². The second-order valence-electron chi connectivity index (χ2n) is 4.24. The third-order valence-electron chi connectivity index (χ3n) is 2.76. The number of hydrogen-bond donors (Lipinski definition) is 2. The van der Waals surface area contributed by atoms with Gasteiger partial charge >= 0.3 is 12.0 Å². The van der Waals surface area contributed by atoms with Gasteiger partial charge in [0.25, 0.3) is 0 Å². The highest BCUT2D eigenvalue weighted by Gasteiger charge is 2.36. The van der Waals surface area contributed by atoms with Crippen molar-refractivity contribution in [1.82, 2.24) is 10.2 Å². The van der Waals surface area contributed by atoms with Crippen molar-refractivity contribution in [2.75, 3.05) is 13.2 Å². The maximum Gasteiger partial charge on any atom is 0.320 e. The number of ether oxygens (including phenoxy) is 1. The summed E-state index contributed by atoms with van der Waals surface area (Å²) in [6, 6.07) is -1.28. The van der Waals surface area contributed by atoms with Crippen LogP contribution in [0, 0.1) is 0 Å². The van der Waals surface area contributed by atoms with E-state index in [4.69, 9.17) is 10.5 Å². The minimum absolute atomic E-state index is 0.0475. The van der Waals surface area contributed by atoms with E-state index in [1.54, 1.807) is 18.7 Å². The maximum absolute atomic E-state index is 11.7. The Kier molecular flexibility index (Phi) is 5.08. The molecule has 1 aliphatic carbocycles. The summed E-state index contributed by atoms with van der Waals surface area (Å²) < 4.78 is 4.86.